The van der Waals surface area contributed by atoms with Gasteiger partial charge < -0.3 is 15.0 Å². The lowest BCUT2D eigenvalue weighted by Crippen LogP contribution is -2.20. The molecular formula is C15H18N2O2. The van der Waals surface area contributed by atoms with E-state index >= 15 is 0 Å². The number of anilines is 1. The summed E-state index contributed by atoms with van der Waals surface area (Å²) in [7, 11) is 0. The first-order valence-electron chi connectivity index (χ1n) is 6.34. The topological polar surface area (TPSA) is 57.2 Å². The molecule has 0 aliphatic rings. The zero-order chi connectivity index (χ0) is 13.5. The number of nitrogen functional groups attached to an aromatic ring is 1. The van der Waals surface area contributed by atoms with Crippen LogP contribution in [0.5, 0.6) is 0 Å². The number of para-hydroxylation sites is 1. The van der Waals surface area contributed by atoms with Gasteiger partial charge in [-0.15, -0.1) is 0 Å². The van der Waals surface area contributed by atoms with Crippen LogP contribution in [0.15, 0.2) is 53.5 Å². The van der Waals surface area contributed by atoms with Crippen molar-refractivity contribution in [1.29, 1.82) is 0 Å². The van der Waals surface area contributed by atoms with E-state index in [4.69, 9.17) is 10.5 Å². The second-order valence-electron chi connectivity index (χ2n) is 4.29. The van der Waals surface area contributed by atoms with Gasteiger partial charge in [-0.1, -0.05) is 24.3 Å². The molecule has 4 heteroatoms. The Morgan fingerprint density at radius 3 is 2.63 bits per heavy atom. The minimum atomic E-state index is -0.00148. The summed E-state index contributed by atoms with van der Waals surface area (Å²) in [6.07, 6.45) is 2.55. The summed E-state index contributed by atoms with van der Waals surface area (Å²) in [6, 6.07) is 12.9. The highest BCUT2D eigenvalue weighted by molar-refractivity contribution is 5.46. The standard InChI is InChI=1S/C15H18N2O2/c16-14-6-2-1-5-13(14)8-11-19-12-10-17-9-4-3-7-15(17)18/h1-7,9H,8,10-12,16H2. The van der Waals surface area contributed by atoms with Crippen LogP contribution in [0.1, 0.15) is 5.56 Å². The molecule has 0 bridgehead atoms. The van der Waals surface area contributed by atoms with Crippen molar-refractivity contribution in [2.45, 2.75) is 13.0 Å². The van der Waals surface area contributed by atoms with Crippen molar-refractivity contribution in [3.63, 3.8) is 0 Å². The Labute approximate surface area is 112 Å². The molecule has 0 unspecified atom stereocenters. The first-order valence-corrected chi connectivity index (χ1v) is 6.34. The summed E-state index contributed by atoms with van der Waals surface area (Å²) in [5.41, 5.74) is 7.74. The van der Waals surface area contributed by atoms with Gasteiger partial charge in [-0.2, -0.15) is 0 Å². The first kappa shape index (κ1) is 13.4. The van der Waals surface area contributed by atoms with E-state index in [1.165, 1.54) is 0 Å². The van der Waals surface area contributed by atoms with E-state index in [-0.39, 0.29) is 5.56 Å². The average molecular weight is 258 g/mol. The Kier molecular flexibility index (Phi) is 4.75. The first-order chi connectivity index (χ1) is 9.27. The molecule has 0 spiro atoms. The molecule has 19 heavy (non-hydrogen) atoms. The molecular weight excluding hydrogens is 240 g/mol. The van der Waals surface area contributed by atoms with Gasteiger partial charge in [0.05, 0.1) is 13.2 Å². The SMILES string of the molecule is Nc1ccccc1CCOCCn1ccccc1=O. The lowest BCUT2D eigenvalue weighted by molar-refractivity contribution is 0.128. The van der Waals surface area contributed by atoms with Crippen molar-refractivity contribution in [1.82, 2.24) is 4.57 Å². The largest absolute Gasteiger partial charge is 0.399 e. The molecule has 0 amide bonds. The molecule has 2 N–H and O–H groups in total. The summed E-state index contributed by atoms with van der Waals surface area (Å²) in [6.45, 7) is 1.70. The second-order valence-corrected chi connectivity index (χ2v) is 4.29. The number of pyridine rings is 1. The molecule has 0 atom stereocenters. The van der Waals surface area contributed by atoms with Crippen LogP contribution in [-0.2, 0) is 17.7 Å². The third-order valence-corrected chi connectivity index (χ3v) is 2.95. The van der Waals surface area contributed by atoms with Gasteiger partial charge in [0.2, 0.25) is 0 Å². The Morgan fingerprint density at radius 2 is 1.84 bits per heavy atom. The van der Waals surface area contributed by atoms with Crippen LogP contribution in [0.4, 0.5) is 5.69 Å². The smallest absolute Gasteiger partial charge is 0.250 e. The van der Waals surface area contributed by atoms with Crippen molar-refractivity contribution in [2.24, 2.45) is 0 Å². The maximum absolute atomic E-state index is 11.4. The van der Waals surface area contributed by atoms with Crippen molar-refractivity contribution in [3.05, 3.63) is 64.6 Å². The van der Waals surface area contributed by atoms with Gasteiger partial charge >= 0.3 is 0 Å². The summed E-state index contributed by atoms with van der Waals surface area (Å²) in [5.74, 6) is 0. The van der Waals surface area contributed by atoms with Gasteiger partial charge in [-0.25, -0.2) is 0 Å². The molecule has 0 saturated carbocycles. The van der Waals surface area contributed by atoms with E-state index in [1.807, 2.05) is 30.3 Å². The van der Waals surface area contributed by atoms with Crippen LogP contribution in [-0.4, -0.2) is 17.8 Å². The van der Waals surface area contributed by atoms with Crippen LogP contribution in [0, 0.1) is 0 Å². The maximum atomic E-state index is 11.4. The number of hydrogen-bond donors (Lipinski definition) is 1. The number of nitrogens with zero attached hydrogens (tertiary/aromatic N) is 1. The molecule has 0 saturated heterocycles. The minimum Gasteiger partial charge on any atom is -0.399 e. The van der Waals surface area contributed by atoms with Gasteiger partial charge in [0, 0.05) is 24.5 Å². The van der Waals surface area contributed by atoms with E-state index in [0.717, 1.165) is 17.7 Å². The summed E-state index contributed by atoms with van der Waals surface area (Å²) in [5, 5.41) is 0. The molecule has 1 aromatic carbocycles. The Bertz CT molecular complexity index is 578. The number of aromatic nitrogens is 1. The molecule has 2 aromatic rings. The number of nitrogens with two attached hydrogens (primary N) is 1. The van der Waals surface area contributed by atoms with Crippen LogP contribution in [0.25, 0.3) is 0 Å². The predicted octanol–water partition coefficient (Wildman–Crippen LogP) is 1.69. The van der Waals surface area contributed by atoms with Crippen molar-refractivity contribution in [2.75, 3.05) is 18.9 Å². The van der Waals surface area contributed by atoms with Gasteiger partial charge in [-0.3, -0.25) is 4.79 Å². The Morgan fingerprint density at radius 1 is 1.05 bits per heavy atom. The van der Waals surface area contributed by atoms with E-state index in [0.29, 0.717) is 19.8 Å². The lowest BCUT2D eigenvalue weighted by atomic mass is 10.1. The summed E-state index contributed by atoms with van der Waals surface area (Å²) < 4.78 is 7.17. The Balaban J connectivity index is 1.72. The molecule has 2 rings (SSSR count). The lowest BCUT2D eigenvalue weighted by Gasteiger charge is -2.08. The molecule has 4 nitrogen and oxygen atoms in total. The van der Waals surface area contributed by atoms with Crippen molar-refractivity contribution < 1.29 is 4.74 Å². The quantitative estimate of drug-likeness (QED) is 0.633. The van der Waals surface area contributed by atoms with Crippen molar-refractivity contribution >= 4 is 5.69 Å². The fourth-order valence-electron chi connectivity index (χ4n) is 1.85. The molecule has 0 fully saturated rings. The molecule has 0 aliphatic heterocycles. The molecule has 1 heterocycles. The normalized spacial score (nSPS) is 10.5. The van der Waals surface area contributed by atoms with E-state index in [9.17, 15) is 4.79 Å². The minimum absolute atomic E-state index is 0.00148. The Hall–Kier alpha value is -2.07. The van der Waals surface area contributed by atoms with E-state index < -0.39 is 0 Å². The summed E-state index contributed by atoms with van der Waals surface area (Å²) >= 11 is 0. The van der Waals surface area contributed by atoms with Crippen LogP contribution < -0.4 is 11.3 Å². The summed E-state index contributed by atoms with van der Waals surface area (Å²) in [4.78, 5) is 11.4. The molecule has 100 valence electrons. The third kappa shape index (κ3) is 3.96. The monoisotopic (exact) mass is 258 g/mol. The van der Waals surface area contributed by atoms with Gasteiger partial charge in [0.25, 0.3) is 5.56 Å². The molecule has 0 radical (unpaired) electrons. The highest BCUT2D eigenvalue weighted by atomic mass is 16.5. The van der Waals surface area contributed by atoms with Crippen LogP contribution in [0.2, 0.25) is 0 Å². The van der Waals surface area contributed by atoms with Crippen LogP contribution >= 0.6 is 0 Å². The fourth-order valence-corrected chi connectivity index (χ4v) is 1.85. The zero-order valence-corrected chi connectivity index (χ0v) is 10.8. The zero-order valence-electron chi connectivity index (χ0n) is 10.8. The second kappa shape index (κ2) is 6.75. The van der Waals surface area contributed by atoms with E-state index in [1.54, 1.807) is 22.9 Å². The highest BCUT2D eigenvalue weighted by Crippen LogP contribution is 2.10. The van der Waals surface area contributed by atoms with Crippen molar-refractivity contribution in [3.8, 4) is 0 Å². The number of hydrogen-bond acceptors (Lipinski definition) is 3. The van der Waals surface area contributed by atoms with Gasteiger partial charge in [0.1, 0.15) is 0 Å². The number of benzene rings is 1. The van der Waals surface area contributed by atoms with Crippen LogP contribution in [0.3, 0.4) is 0 Å². The van der Waals surface area contributed by atoms with Gasteiger partial charge in [-0.05, 0) is 24.1 Å². The maximum Gasteiger partial charge on any atom is 0.250 e. The molecule has 0 aliphatic carbocycles. The highest BCUT2D eigenvalue weighted by Gasteiger charge is 1.98. The van der Waals surface area contributed by atoms with E-state index in [2.05, 4.69) is 0 Å². The fraction of sp³-hybridized carbons (Fsp3) is 0.267. The average Bonchev–Trinajstić information content (AvgIpc) is 2.42. The van der Waals surface area contributed by atoms with Gasteiger partial charge in [0.15, 0.2) is 0 Å². The number of ether oxygens (including phenoxy) is 1. The molecule has 1 aromatic heterocycles. The number of rotatable bonds is 6. The predicted molar refractivity (Wildman–Crippen MR) is 76.1 cm³/mol. The third-order valence-electron chi connectivity index (χ3n) is 2.95.